The van der Waals surface area contributed by atoms with Crippen molar-refractivity contribution in [2.75, 3.05) is 25.2 Å². The largest absolute Gasteiger partial charge is 0.497 e. The van der Waals surface area contributed by atoms with Crippen molar-refractivity contribution in [3.8, 4) is 5.75 Å². The number of nitro benzene ring substituents is 1. The summed E-state index contributed by atoms with van der Waals surface area (Å²) < 4.78 is 5.17. The Morgan fingerprint density at radius 2 is 2.00 bits per heavy atom. The maximum absolute atomic E-state index is 13.1. The SMILES string of the molecule is COc1cccc(C(=O)N(CN2CCCC2=O)c2ccc([N+](=O)[O-])cc2)c1. The van der Waals surface area contributed by atoms with Crippen LogP contribution < -0.4 is 9.64 Å². The summed E-state index contributed by atoms with van der Waals surface area (Å²) in [5.74, 6) is 0.213. The number of carbonyl (C=O) groups excluding carboxylic acids is 2. The monoisotopic (exact) mass is 369 g/mol. The third-order valence-corrected chi connectivity index (χ3v) is 4.42. The second-order valence-electron chi connectivity index (χ2n) is 6.14. The molecule has 2 aromatic rings. The van der Waals surface area contributed by atoms with E-state index < -0.39 is 4.92 Å². The van der Waals surface area contributed by atoms with Crippen LogP contribution >= 0.6 is 0 Å². The Balaban J connectivity index is 1.94. The van der Waals surface area contributed by atoms with Gasteiger partial charge < -0.3 is 9.64 Å². The highest BCUT2D eigenvalue weighted by Crippen LogP contribution is 2.24. The van der Waals surface area contributed by atoms with Crippen LogP contribution in [0.5, 0.6) is 5.75 Å². The predicted octanol–water partition coefficient (Wildman–Crippen LogP) is 2.83. The van der Waals surface area contributed by atoms with Crippen LogP contribution in [0.3, 0.4) is 0 Å². The zero-order valence-electron chi connectivity index (χ0n) is 14.8. The molecule has 1 fully saturated rings. The van der Waals surface area contributed by atoms with Gasteiger partial charge in [0.15, 0.2) is 0 Å². The molecule has 3 rings (SSSR count). The minimum atomic E-state index is -0.498. The molecular formula is C19H19N3O5. The van der Waals surface area contributed by atoms with E-state index in [1.165, 1.54) is 36.3 Å². The number of rotatable bonds is 6. The number of nitrogens with zero attached hydrogens (tertiary/aromatic N) is 3. The first-order chi connectivity index (χ1) is 13.0. The van der Waals surface area contributed by atoms with Crippen molar-refractivity contribution in [3.05, 3.63) is 64.2 Å². The zero-order valence-corrected chi connectivity index (χ0v) is 14.8. The Bertz CT molecular complexity index is 866. The summed E-state index contributed by atoms with van der Waals surface area (Å²) in [4.78, 5) is 38.6. The van der Waals surface area contributed by atoms with Crippen LogP contribution in [0.15, 0.2) is 48.5 Å². The highest BCUT2D eigenvalue weighted by Gasteiger charge is 2.27. The molecule has 0 spiro atoms. The van der Waals surface area contributed by atoms with Crippen LogP contribution in [0.2, 0.25) is 0 Å². The van der Waals surface area contributed by atoms with Gasteiger partial charge in [0.2, 0.25) is 5.91 Å². The van der Waals surface area contributed by atoms with Crippen molar-refractivity contribution in [2.45, 2.75) is 12.8 Å². The summed E-state index contributed by atoms with van der Waals surface area (Å²) in [6, 6.07) is 12.4. The van der Waals surface area contributed by atoms with Gasteiger partial charge >= 0.3 is 0 Å². The number of hydrogen-bond donors (Lipinski definition) is 0. The molecule has 2 amide bonds. The number of hydrogen-bond acceptors (Lipinski definition) is 5. The first-order valence-electron chi connectivity index (χ1n) is 8.48. The summed E-state index contributed by atoms with van der Waals surface area (Å²) in [6.45, 7) is 0.667. The minimum absolute atomic E-state index is 0.0136. The molecule has 27 heavy (non-hydrogen) atoms. The van der Waals surface area contributed by atoms with Gasteiger partial charge in [0.1, 0.15) is 12.4 Å². The third kappa shape index (κ3) is 4.05. The van der Waals surface area contributed by atoms with Gasteiger partial charge in [0.05, 0.1) is 12.0 Å². The Morgan fingerprint density at radius 3 is 2.59 bits per heavy atom. The molecule has 2 aromatic carbocycles. The van der Waals surface area contributed by atoms with Gasteiger partial charge in [-0.3, -0.25) is 24.6 Å². The van der Waals surface area contributed by atoms with Crippen molar-refractivity contribution in [1.29, 1.82) is 0 Å². The number of benzene rings is 2. The topological polar surface area (TPSA) is 93.0 Å². The van der Waals surface area contributed by atoms with E-state index in [-0.39, 0.29) is 24.2 Å². The molecule has 0 unspecified atom stereocenters. The van der Waals surface area contributed by atoms with Crippen molar-refractivity contribution in [1.82, 2.24) is 4.90 Å². The summed E-state index contributed by atoms with van der Waals surface area (Å²) >= 11 is 0. The van der Waals surface area contributed by atoms with E-state index in [0.717, 1.165) is 6.42 Å². The Labute approximate surface area is 156 Å². The number of nitro groups is 1. The maximum Gasteiger partial charge on any atom is 0.269 e. The molecular weight excluding hydrogens is 350 g/mol. The second kappa shape index (κ2) is 7.86. The second-order valence-corrected chi connectivity index (χ2v) is 6.14. The number of carbonyl (C=O) groups is 2. The van der Waals surface area contributed by atoms with E-state index in [4.69, 9.17) is 4.74 Å². The van der Waals surface area contributed by atoms with Crippen LogP contribution in [0.25, 0.3) is 0 Å². The fourth-order valence-electron chi connectivity index (χ4n) is 2.95. The van der Waals surface area contributed by atoms with Gasteiger partial charge in [-0.25, -0.2) is 0 Å². The van der Waals surface area contributed by atoms with Crippen LogP contribution in [0.4, 0.5) is 11.4 Å². The lowest BCUT2D eigenvalue weighted by molar-refractivity contribution is -0.384. The molecule has 1 aliphatic heterocycles. The van der Waals surface area contributed by atoms with Gasteiger partial charge in [-0.15, -0.1) is 0 Å². The van der Waals surface area contributed by atoms with Crippen molar-refractivity contribution >= 4 is 23.2 Å². The molecule has 0 atom stereocenters. The van der Waals surface area contributed by atoms with E-state index >= 15 is 0 Å². The van der Waals surface area contributed by atoms with Crippen molar-refractivity contribution in [3.63, 3.8) is 0 Å². The van der Waals surface area contributed by atoms with Crippen LogP contribution in [0.1, 0.15) is 23.2 Å². The molecule has 0 aromatic heterocycles. The van der Waals surface area contributed by atoms with Crippen LogP contribution in [-0.2, 0) is 4.79 Å². The van der Waals surface area contributed by atoms with E-state index in [9.17, 15) is 19.7 Å². The van der Waals surface area contributed by atoms with Crippen molar-refractivity contribution in [2.24, 2.45) is 0 Å². The fourth-order valence-corrected chi connectivity index (χ4v) is 2.95. The van der Waals surface area contributed by atoms with E-state index in [0.29, 0.717) is 30.0 Å². The fraction of sp³-hybridized carbons (Fsp3) is 0.263. The molecule has 8 heteroatoms. The molecule has 1 saturated heterocycles. The van der Waals surface area contributed by atoms with Gasteiger partial charge in [-0.05, 0) is 36.8 Å². The zero-order chi connectivity index (χ0) is 19.4. The van der Waals surface area contributed by atoms with Crippen molar-refractivity contribution < 1.29 is 19.2 Å². The quantitative estimate of drug-likeness (QED) is 0.577. The van der Waals surface area contributed by atoms with Gasteiger partial charge in [-0.1, -0.05) is 6.07 Å². The molecule has 0 radical (unpaired) electrons. The molecule has 140 valence electrons. The number of likely N-dealkylation sites (tertiary alicyclic amines) is 1. The lowest BCUT2D eigenvalue weighted by atomic mass is 10.1. The van der Waals surface area contributed by atoms with Crippen LogP contribution in [-0.4, -0.2) is 42.0 Å². The third-order valence-electron chi connectivity index (χ3n) is 4.42. The summed E-state index contributed by atoms with van der Waals surface area (Å²) in [6.07, 6.45) is 1.21. The standard InChI is InChI=1S/C19H19N3O5/c1-27-17-5-2-4-14(12-17)19(24)21(13-20-11-3-6-18(20)23)15-7-9-16(10-8-15)22(25)26/h2,4-5,7-10,12H,3,6,11,13H2,1H3. The first kappa shape index (κ1) is 18.4. The molecule has 0 aliphatic carbocycles. The van der Waals surface area contributed by atoms with Gasteiger partial charge in [-0.2, -0.15) is 0 Å². The Kier molecular flexibility index (Phi) is 5.35. The smallest absolute Gasteiger partial charge is 0.269 e. The van der Waals surface area contributed by atoms with E-state index in [1.807, 2.05) is 0 Å². The summed E-state index contributed by atoms with van der Waals surface area (Å²) in [5.41, 5.74) is 0.817. The maximum atomic E-state index is 13.1. The molecule has 1 heterocycles. The van der Waals surface area contributed by atoms with Gasteiger partial charge in [0, 0.05) is 36.3 Å². The van der Waals surface area contributed by atoms with Gasteiger partial charge in [0.25, 0.3) is 11.6 Å². The highest BCUT2D eigenvalue weighted by molar-refractivity contribution is 6.06. The number of anilines is 1. The van der Waals surface area contributed by atoms with Crippen LogP contribution in [0, 0.1) is 10.1 Å². The average Bonchev–Trinajstić information content (AvgIpc) is 3.10. The first-order valence-corrected chi connectivity index (χ1v) is 8.48. The minimum Gasteiger partial charge on any atom is -0.497 e. The van der Waals surface area contributed by atoms with E-state index in [2.05, 4.69) is 0 Å². The molecule has 8 nitrogen and oxygen atoms in total. The normalized spacial score (nSPS) is 13.5. The molecule has 0 bridgehead atoms. The number of amides is 2. The number of non-ortho nitro benzene ring substituents is 1. The number of ether oxygens (including phenoxy) is 1. The highest BCUT2D eigenvalue weighted by atomic mass is 16.6. The summed E-state index contributed by atoms with van der Waals surface area (Å²) in [5, 5.41) is 10.9. The molecule has 0 saturated carbocycles. The molecule has 0 N–H and O–H groups in total. The van der Waals surface area contributed by atoms with E-state index in [1.54, 1.807) is 29.2 Å². The summed E-state index contributed by atoms with van der Waals surface area (Å²) in [7, 11) is 1.51. The average molecular weight is 369 g/mol. The molecule has 1 aliphatic rings. The Morgan fingerprint density at radius 1 is 1.26 bits per heavy atom. The number of methoxy groups -OCH3 is 1. The lowest BCUT2D eigenvalue weighted by Gasteiger charge is -2.28. The predicted molar refractivity (Wildman–Crippen MR) is 98.7 cm³/mol. The Hall–Kier alpha value is -3.42. The lowest BCUT2D eigenvalue weighted by Crippen LogP contribution is -2.42.